The zero-order valence-electron chi connectivity index (χ0n) is 13.5. The molecule has 0 atom stereocenters. The molecule has 0 aliphatic heterocycles. The molecule has 0 saturated heterocycles. The molecule has 2 aromatic rings. The Bertz CT molecular complexity index is 846. The molecule has 2 rings (SSSR count). The summed E-state index contributed by atoms with van der Waals surface area (Å²) in [7, 11) is 1.55. The van der Waals surface area contributed by atoms with Crippen LogP contribution in [0.25, 0.3) is 0 Å². The van der Waals surface area contributed by atoms with Gasteiger partial charge in [0, 0.05) is 6.54 Å². The number of carbonyl (C=O) groups is 2. The summed E-state index contributed by atoms with van der Waals surface area (Å²) in [5.74, 6) is -0.789. The number of aromatic nitrogens is 1. The lowest BCUT2D eigenvalue weighted by atomic mass is 10.2. The van der Waals surface area contributed by atoms with E-state index in [0.717, 1.165) is 5.56 Å². The molecule has 0 radical (unpaired) electrons. The summed E-state index contributed by atoms with van der Waals surface area (Å²) >= 11 is 17.4. The number of halogens is 3. The van der Waals surface area contributed by atoms with E-state index in [0.29, 0.717) is 5.75 Å². The molecule has 3 N–H and O–H groups in total. The SMILES string of the molecule is COc1cccc(CNC(=O)COC(=O)c2nc(Cl)c(Cl)c(N)c2Cl)c1. The van der Waals surface area contributed by atoms with Gasteiger partial charge in [-0.3, -0.25) is 4.79 Å². The van der Waals surface area contributed by atoms with E-state index in [1.165, 1.54) is 0 Å². The molecule has 26 heavy (non-hydrogen) atoms. The molecule has 138 valence electrons. The summed E-state index contributed by atoms with van der Waals surface area (Å²) in [6.45, 7) is -0.284. The first-order valence-electron chi connectivity index (χ1n) is 7.20. The van der Waals surface area contributed by atoms with Crippen LogP contribution in [0.1, 0.15) is 16.1 Å². The third-order valence-electron chi connectivity index (χ3n) is 3.22. The number of anilines is 1. The van der Waals surface area contributed by atoms with E-state index in [2.05, 4.69) is 10.3 Å². The Kier molecular flexibility index (Phi) is 6.90. The summed E-state index contributed by atoms with van der Waals surface area (Å²) < 4.78 is 9.97. The second-order valence-corrected chi connectivity index (χ2v) is 6.11. The molecule has 0 fully saturated rings. The van der Waals surface area contributed by atoms with Crippen LogP contribution in [0.15, 0.2) is 24.3 Å². The number of nitrogens with two attached hydrogens (primary N) is 1. The van der Waals surface area contributed by atoms with Gasteiger partial charge < -0.3 is 20.5 Å². The first kappa shape index (κ1) is 20.1. The van der Waals surface area contributed by atoms with Gasteiger partial charge in [-0.25, -0.2) is 9.78 Å². The van der Waals surface area contributed by atoms with Crippen molar-refractivity contribution in [2.24, 2.45) is 0 Å². The minimum Gasteiger partial charge on any atom is -0.497 e. The average molecular weight is 419 g/mol. The molecule has 0 aliphatic rings. The summed E-state index contributed by atoms with van der Waals surface area (Å²) in [5, 5.41) is 2.16. The van der Waals surface area contributed by atoms with E-state index >= 15 is 0 Å². The Morgan fingerprint density at radius 1 is 1.23 bits per heavy atom. The van der Waals surface area contributed by atoms with Gasteiger partial charge in [0.15, 0.2) is 17.5 Å². The van der Waals surface area contributed by atoms with Crippen molar-refractivity contribution in [3.8, 4) is 5.75 Å². The highest BCUT2D eigenvalue weighted by Gasteiger charge is 2.21. The number of hydrogen-bond acceptors (Lipinski definition) is 6. The quantitative estimate of drug-likeness (QED) is 0.552. The second kappa shape index (κ2) is 8.93. The van der Waals surface area contributed by atoms with Crippen LogP contribution < -0.4 is 15.8 Å². The monoisotopic (exact) mass is 417 g/mol. The number of esters is 1. The van der Waals surface area contributed by atoms with Gasteiger partial charge in [0.25, 0.3) is 5.91 Å². The Balaban J connectivity index is 1.92. The molecule has 0 aliphatic carbocycles. The fourth-order valence-electron chi connectivity index (χ4n) is 1.90. The first-order chi connectivity index (χ1) is 12.3. The number of benzene rings is 1. The fourth-order valence-corrected chi connectivity index (χ4v) is 2.49. The Morgan fingerprint density at radius 2 is 1.96 bits per heavy atom. The topological polar surface area (TPSA) is 104 Å². The highest BCUT2D eigenvalue weighted by Crippen LogP contribution is 2.34. The Hall–Kier alpha value is -2.22. The van der Waals surface area contributed by atoms with Gasteiger partial charge in [-0.15, -0.1) is 0 Å². The lowest BCUT2D eigenvalue weighted by molar-refractivity contribution is -0.124. The first-order valence-corrected chi connectivity index (χ1v) is 8.33. The number of pyridine rings is 1. The van der Waals surface area contributed by atoms with E-state index in [9.17, 15) is 9.59 Å². The van der Waals surface area contributed by atoms with Crippen LogP contribution in [0.2, 0.25) is 15.2 Å². The van der Waals surface area contributed by atoms with Crippen molar-refractivity contribution < 1.29 is 19.1 Å². The van der Waals surface area contributed by atoms with Crippen LogP contribution in [0.5, 0.6) is 5.75 Å². The van der Waals surface area contributed by atoms with E-state index in [-0.39, 0.29) is 33.1 Å². The Labute approximate surface area is 164 Å². The van der Waals surface area contributed by atoms with Gasteiger partial charge in [0.05, 0.1) is 17.8 Å². The molecule has 1 amide bonds. The number of ether oxygens (including phenoxy) is 2. The molecule has 0 unspecified atom stereocenters. The summed E-state index contributed by atoms with van der Waals surface area (Å²) in [5.41, 5.74) is 6.04. The van der Waals surface area contributed by atoms with Crippen LogP contribution in [-0.2, 0) is 16.1 Å². The molecule has 7 nitrogen and oxygen atoms in total. The minimum atomic E-state index is -0.947. The van der Waals surface area contributed by atoms with E-state index < -0.39 is 18.5 Å². The number of methoxy groups -OCH3 is 1. The van der Waals surface area contributed by atoms with E-state index in [4.69, 9.17) is 50.0 Å². The third-order valence-corrected chi connectivity index (χ3v) is 4.36. The lowest BCUT2D eigenvalue weighted by Crippen LogP contribution is -2.28. The maximum absolute atomic E-state index is 12.0. The van der Waals surface area contributed by atoms with Crippen LogP contribution in [0.3, 0.4) is 0 Å². The minimum absolute atomic E-state index is 0.0655. The molecule has 0 saturated carbocycles. The standard InChI is InChI=1S/C16H14Cl3N3O4/c1-25-9-4-2-3-8(5-9)6-21-10(23)7-26-16(24)14-11(17)13(20)12(18)15(19)22-14/h2-5H,6-7H2,1H3,(H2,20,22)(H,21,23). The van der Waals surface area contributed by atoms with Crippen molar-refractivity contribution in [1.29, 1.82) is 0 Å². The number of nitrogens with one attached hydrogen (secondary N) is 1. The van der Waals surface area contributed by atoms with Crippen LogP contribution in [-0.4, -0.2) is 30.6 Å². The average Bonchev–Trinajstić information content (AvgIpc) is 2.65. The number of nitrogen functional groups attached to an aromatic ring is 1. The third kappa shape index (κ3) is 4.91. The summed E-state index contributed by atoms with van der Waals surface area (Å²) in [4.78, 5) is 27.6. The lowest BCUT2D eigenvalue weighted by Gasteiger charge is -2.10. The molecular weight excluding hydrogens is 405 g/mol. The van der Waals surface area contributed by atoms with E-state index in [1.807, 2.05) is 6.07 Å². The number of nitrogens with zero attached hydrogens (tertiary/aromatic N) is 1. The van der Waals surface area contributed by atoms with Crippen LogP contribution in [0.4, 0.5) is 5.69 Å². The van der Waals surface area contributed by atoms with Gasteiger partial charge in [-0.2, -0.15) is 0 Å². The molecule has 0 spiro atoms. The van der Waals surface area contributed by atoms with Crippen molar-refractivity contribution >= 4 is 52.4 Å². The van der Waals surface area contributed by atoms with Crippen molar-refractivity contribution in [1.82, 2.24) is 10.3 Å². The summed E-state index contributed by atoms with van der Waals surface area (Å²) in [6, 6.07) is 7.17. The molecular formula is C16H14Cl3N3O4. The molecule has 1 aromatic carbocycles. The van der Waals surface area contributed by atoms with Gasteiger partial charge in [0.1, 0.15) is 10.8 Å². The predicted molar refractivity (Wildman–Crippen MR) is 98.8 cm³/mol. The van der Waals surface area contributed by atoms with E-state index in [1.54, 1.807) is 25.3 Å². The zero-order chi connectivity index (χ0) is 19.3. The number of rotatable bonds is 6. The maximum atomic E-state index is 12.0. The fraction of sp³-hybridized carbons (Fsp3) is 0.188. The van der Waals surface area contributed by atoms with Crippen LogP contribution in [0, 0.1) is 0 Å². The van der Waals surface area contributed by atoms with Gasteiger partial charge in [-0.05, 0) is 17.7 Å². The smallest absolute Gasteiger partial charge is 0.359 e. The van der Waals surface area contributed by atoms with Crippen LogP contribution >= 0.6 is 34.8 Å². The zero-order valence-corrected chi connectivity index (χ0v) is 15.8. The molecule has 1 aromatic heterocycles. The predicted octanol–water partition coefficient (Wildman–Crippen LogP) is 3.11. The Morgan fingerprint density at radius 3 is 2.65 bits per heavy atom. The molecule has 10 heteroatoms. The van der Waals surface area contributed by atoms with Gasteiger partial charge >= 0.3 is 5.97 Å². The highest BCUT2D eigenvalue weighted by molar-refractivity contribution is 6.46. The van der Waals surface area contributed by atoms with Crippen molar-refractivity contribution in [2.75, 3.05) is 19.5 Å². The van der Waals surface area contributed by atoms with Crippen molar-refractivity contribution in [2.45, 2.75) is 6.54 Å². The maximum Gasteiger partial charge on any atom is 0.359 e. The highest BCUT2D eigenvalue weighted by atomic mass is 35.5. The number of carbonyl (C=O) groups excluding carboxylic acids is 2. The molecule has 1 heterocycles. The largest absolute Gasteiger partial charge is 0.497 e. The normalized spacial score (nSPS) is 10.3. The second-order valence-electron chi connectivity index (χ2n) is 5.00. The van der Waals surface area contributed by atoms with Gasteiger partial charge in [0.2, 0.25) is 0 Å². The van der Waals surface area contributed by atoms with Crippen molar-refractivity contribution in [3.63, 3.8) is 0 Å². The molecule has 0 bridgehead atoms. The number of amides is 1. The summed E-state index contributed by atoms with van der Waals surface area (Å²) in [6.07, 6.45) is 0. The number of hydrogen-bond donors (Lipinski definition) is 2. The van der Waals surface area contributed by atoms with Gasteiger partial charge in [-0.1, -0.05) is 46.9 Å². The van der Waals surface area contributed by atoms with Crippen molar-refractivity contribution in [3.05, 3.63) is 50.7 Å².